The normalized spacial score (nSPS) is 14.4. The lowest BCUT2D eigenvalue weighted by atomic mass is 9.90. The monoisotopic (exact) mass is 250 g/mol. The predicted molar refractivity (Wildman–Crippen MR) is 77.0 cm³/mol. The van der Waals surface area contributed by atoms with E-state index in [1.807, 2.05) is 0 Å². The number of hydrogen-bond acceptors (Lipinski definition) is 3. The van der Waals surface area contributed by atoms with Crippen molar-refractivity contribution in [2.45, 2.75) is 40.2 Å². The van der Waals surface area contributed by atoms with E-state index in [4.69, 9.17) is 16.2 Å². The van der Waals surface area contributed by atoms with Gasteiger partial charge < -0.3 is 16.2 Å². The summed E-state index contributed by atoms with van der Waals surface area (Å²) in [5.74, 6) is 1.36. The van der Waals surface area contributed by atoms with Crippen LogP contribution in [0.2, 0.25) is 0 Å². The van der Waals surface area contributed by atoms with Gasteiger partial charge in [-0.1, -0.05) is 13.0 Å². The van der Waals surface area contributed by atoms with Crippen molar-refractivity contribution in [1.29, 1.82) is 0 Å². The van der Waals surface area contributed by atoms with Crippen LogP contribution in [0.25, 0.3) is 0 Å². The number of rotatable bonds is 5. The topological polar surface area (TPSA) is 61.3 Å². The maximum atomic E-state index is 6.33. The van der Waals surface area contributed by atoms with E-state index in [2.05, 4.69) is 33.8 Å². The van der Waals surface area contributed by atoms with E-state index >= 15 is 0 Å². The summed E-state index contributed by atoms with van der Waals surface area (Å²) in [5, 5.41) is 0. The van der Waals surface area contributed by atoms with Crippen molar-refractivity contribution < 1.29 is 4.74 Å². The fourth-order valence-corrected chi connectivity index (χ4v) is 2.44. The summed E-state index contributed by atoms with van der Waals surface area (Å²) in [6.45, 7) is 9.07. The molecular weight excluding hydrogens is 224 g/mol. The van der Waals surface area contributed by atoms with E-state index in [1.54, 1.807) is 7.11 Å². The molecule has 2 atom stereocenters. The van der Waals surface area contributed by atoms with E-state index in [1.165, 1.54) is 16.7 Å². The first kappa shape index (κ1) is 15.0. The molecule has 0 bridgehead atoms. The molecule has 0 aliphatic heterocycles. The molecule has 1 aromatic rings. The first-order chi connectivity index (χ1) is 8.42. The minimum absolute atomic E-state index is 0.0159. The Morgan fingerprint density at radius 2 is 1.83 bits per heavy atom. The highest BCUT2D eigenvalue weighted by Gasteiger charge is 2.19. The standard InChI is InChI=1S/C15H26N2O/c1-9(8-16)6-13(17)14-11(3)7-10(2)12(4)15(14)18-5/h7,9,13H,6,8,16-17H2,1-5H3. The fraction of sp³-hybridized carbons (Fsp3) is 0.600. The molecule has 0 radical (unpaired) electrons. The summed E-state index contributed by atoms with van der Waals surface area (Å²) < 4.78 is 5.56. The van der Waals surface area contributed by atoms with Crippen LogP contribution in [0.3, 0.4) is 0 Å². The van der Waals surface area contributed by atoms with Gasteiger partial charge in [0, 0.05) is 11.6 Å². The molecule has 2 unspecified atom stereocenters. The molecule has 0 spiro atoms. The molecule has 4 N–H and O–H groups in total. The zero-order valence-electron chi connectivity index (χ0n) is 12.2. The van der Waals surface area contributed by atoms with Crippen molar-refractivity contribution in [1.82, 2.24) is 0 Å². The predicted octanol–water partition coefficient (Wildman–Crippen LogP) is 2.61. The summed E-state index contributed by atoms with van der Waals surface area (Å²) in [6.07, 6.45) is 0.885. The highest BCUT2D eigenvalue weighted by atomic mass is 16.5. The highest BCUT2D eigenvalue weighted by Crippen LogP contribution is 2.35. The van der Waals surface area contributed by atoms with Gasteiger partial charge in [-0.3, -0.25) is 0 Å². The summed E-state index contributed by atoms with van der Waals surface area (Å²) in [4.78, 5) is 0. The van der Waals surface area contributed by atoms with Gasteiger partial charge in [-0.15, -0.1) is 0 Å². The van der Waals surface area contributed by atoms with Crippen molar-refractivity contribution in [3.63, 3.8) is 0 Å². The van der Waals surface area contributed by atoms with Gasteiger partial charge in [-0.05, 0) is 56.3 Å². The summed E-state index contributed by atoms with van der Waals surface area (Å²) in [6, 6.07) is 2.16. The summed E-state index contributed by atoms with van der Waals surface area (Å²) in [5.41, 5.74) is 16.8. The number of aryl methyl sites for hydroxylation is 2. The molecule has 1 aromatic carbocycles. The van der Waals surface area contributed by atoms with Gasteiger partial charge in [0.25, 0.3) is 0 Å². The second-order valence-corrected chi connectivity index (χ2v) is 5.27. The van der Waals surface area contributed by atoms with Crippen LogP contribution in [0.5, 0.6) is 5.75 Å². The maximum absolute atomic E-state index is 6.33. The lowest BCUT2D eigenvalue weighted by Gasteiger charge is -2.23. The van der Waals surface area contributed by atoms with Gasteiger partial charge in [-0.2, -0.15) is 0 Å². The Bertz CT molecular complexity index is 415. The smallest absolute Gasteiger partial charge is 0.127 e. The third-order valence-corrected chi connectivity index (χ3v) is 3.67. The van der Waals surface area contributed by atoms with E-state index in [0.717, 1.165) is 17.7 Å². The van der Waals surface area contributed by atoms with Crippen LogP contribution in [-0.2, 0) is 0 Å². The molecular formula is C15H26N2O. The number of ether oxygens (including phenoxy) is 1. The molecule has 0 fully saturated rings. The van der Waals surface area contributed by atoms with E-state index in [0.29, 0.717) is 12.5 Å². The average Bonchev–Trinajstić information content (AvgIpc) is 2.32. The third-order valence-electron chi connectivity index (χ3n) is 3.67. The third kappa shape index (κ3) is 3.03. The second kappa shape index (κ2) is 6.21. The Balaban J connectivity index is 3.18. The molecule has 1 rings (SSSR count). The molecule has 0 aliphatic rings. The molecule has 3 nitrogen and oxygen atoms in total. The van der Waals surface area contributed by atoms with E-state index in [-0.39, 0.29) is 6.04 Å². The molecule has 0 aromatic heterocycles. The second-order valence-electron chi connectivity index (χ2n) is 5.27. The van der Waals surface area contributed by atoms with Crippen LogP contribution in [0.15, 0.2) is 6.07 Å². The SMILES string of the molecule is COc1c(C)c(C)cc(C)c1C(N)CC(C)CN. The van der Waals surface area contributed by atoms with Crippen LogP contribution >= 0.6 is 0 Å². The first-order valence-corrected chi connectivity index (χ1v) is 6.52. The quantitative estimate of drug-likeness (QED) is 0.844. The Kier molecular flexibility index (Phi) is 5.17. The van der Waals surface area contributed by atoms with Crippen LogP contribution in [0.1, 0.15) is 41.6 Å². The fourth-order valence-electron chi connectivity index (χ4n) is 2.44. The Hall–Kier alpha value is -1.06. The Morgan fingerprint density at radius 3 is 2.33 bits per heavy atom. The lowest BCUT2D eigenvalue weighted by molar-refractivity contribution is 0.393. The molecule has 102 valence electrons. The number of hydrogen-bond donors (Lipinski definition) is 2. The van der Waals surface area contributed by atoms with Crippen LogP contribution in [0.4, 0.5) is 0 Å². The van der Waals surface area contributed by atoms with Gasteiger partial charge in [0.15, 0.2) is 0 Å². The Morgan fingerprint density at radius 1 is 1.22 bits per heavy atom. The van der Waals surface area contributed by atoms with Gasteiger partial charge in [-0.25, -0.2) is 0 Å². The Labute approximate surface area is 111 Å². The first-order valence-electron chi connectivity index (χ1n) is 6.52. The number of benzene rings is 1. The van der Waals surface area contributed by atoms with Crippen molar-refractivity contribution >= 4 is 0 Å². The van der Waals surface area contributed by atoms with Crippen molar-refractivity contribution in [3.8, 4) is 5.75 Å². The molecule has 18 heavy (non-hydrogen) atoms. The van der Waals surface area contributed by atoms with E-state index < -0.39 is 0 Å². The number of methoxy groups -OCH3 is 1. The van der Waals surface area contributed by atoms with Crippen molar-refractivity contribution in [2.24, 2.45) is 17.4 Å². The molecule has 0 amide bonds. The molecule has 0 saturated carbocycles. The van der Waals surface area contributed by atoms with Gasteiger partial charge in [0.2, 0.25) is 0 Å². The summed E-state index contributed by atoms with van der Waals surface area (Å²) >= 11 is 0. The van der Waals surface area contributed by atoms with Gasteiger partial charge >= 0.3 is 0 Å². The van der Waals surface area contributed by atoms with Crippen LogP contribution in [0, 0.1) is 26.7 Å². The largest absolute Gasteiger partial charge is 0.496 e. The van der Waals surface area contributed by atoms with Crippen LogP contribution < -0.4 is 16.2 Å². The van der Waals surface area contributed by atoms with Gasteiger partial charge in [0.1, 0.15) is 5.75 Å². The molecule has 0 saturated heterocycles. The summed E-state index contributed by atoms with van der Waals surface area (Å²) in [7, 11) is 1.71. The zero-order chi connectivity index (χ0) is 13.9. The minimum atomic E-state index is -0.0159. The molecule has 0 heterocycles. The van der Waals surface area contributed by atoms with Gasteiger partial charge in [0.05, 0.1) is 7.11 Å². The lowest BCUT2D eigenvalue weighted by Crippen LogP contribution is -2.21. The molecule has 3 heteroatoms. The zero-order valence-corrected chi connectivity index (χ0v) is 12.2. The highest BCUT2D eigenvalue weighted by molar-refractivity contribution is 5.51. The minimum Gasteiger partial charge on any atom is -0.496 e. The number of nitrogens with two attached hydrogens (primary N) is 2. The average molecular weight is 250 g/mol. The van der Waals surface area contributed by atoms with E-state index in [9.17, 15) is 0 Å². The maximum Gasteiger partial charge on any atom is 0.127 e. The van der Waals surface area contributed by atoms with Crippen LogP contribution in [-0.4, -0.2) is 13.7 Å². The molecule has 0 aliphatic carbocycles. The van der Waals surface area contributed by atoms with Crippen molar-refractivity contribution in [2.75, 3.05) is 13.7 Å². The van der Waals surface area contributed by atoms with Crippen molar-refractivity contribution in [3.05, 3.63) is 28.3 Å².